The second kappa shape index (κ2) is 7.72. The fourth-order valence-electron chi connectivity index (χ4n) is 2.94. The quantitative estimate of drug-likeness (QED) is 0.873. The van der Waals surface area contributed by atoms with Crippen molar-refractivity contribution in [2.45, 2.75) is 25.0 Å². The van der Waals surface area contributed by atoms with E-state index < -0.39 is 23.8 Å². The van der Waals surface area contributed by atoms with Crippen molar-refractivity contribution in [3.05, 3.63) is 70.8 Å². The number of hydrogen-bond acceptors (Lipinski definition) is 3. The highest BCUT2D eigenvalue weighted by atomic mass is 19.1. The van der Waals surface area contributed by atoms with Crippen LogP contribution >= 0.6 is 0 Å². The fraction of sp³-hybridized carbons (Fsp3) is 0.316. The Kier molecular flexibility index (Phi) is 5.40. The first-order valence-corrected chi connectivity index (χ1v) is 8.13. The second-order valence-electron chi connectivity index (χ2n) is 6.04. The summed E-state index contributed by atoms with van der Waals surface area (Å²) >= 11 is 0. The number of benzene rings is 2. The van der Waals surface area contributed by atoms with Gasteiger partial charge in [-0.2, -0.15) is 0 Å². The molecule has 6 heteroatoms. The van der Waals surface area contributed by atoms with Gasteiger partial charge in [0.15, 0.2) is 6.10 Å². The van der Waals surface area contributed by atoms with Crippen LogP contribution < -0.4 is 5.32 Å². The summed E-state index contributed by atoms with van der Waals surface area (Å²) in [6, 6.07) is 10.8. The molecule has 2 N–H and O–H groups in total. The van der Waals surface area contributed by atoms with Gasteiger partial charge in [0.1, 0.15) is 11.6 Å². The van der Waals surface area contributed by atoms with E-state index in [9.17, 15) is 18.7 Å². The molecule has 0 aromatic heterocycles. The summed E-state index contributed by atoms with van der Waals surface area (Å²) in [5.41, 5.74) is 2.09. The number of aliphatic hydroxyl groups is 1. The van der Waals surface area contributed by atoms with Gasteiger partial charge in [-0.1, -0.05) is 30.3 Å². The Morgan fingerprint density at radius 2 is 2.08 bits per heavy atom. The minimum absolute atomic E-state index is 0.0193. The van der Waals surface area contributed by atoms with Gasteiger partial charge < -0.3 is 15.2 Å². The maximum absolute atomic E-state index is 13.6. The van der Waals surface area contributed by atoms with E-state index in [-0.39, 0.29) is 24.4 Å². The Labute approximate surface area is 144 Å². The normalized spacial score (nSPS) is 17.6. The van der Waals surface area contributed by atoms with Crippen molar-refractivity contribution >= 4 is 5.91 Å². The SMILES string of the molecule is O=C(NC[C@H](O)Cc1ccc(F)cc1F)[C@H]1OCCc2ccccc21. The highest BCUT2D eigenvalue weighted by Crippen LogP contribution is 2.26. The first-order valence-electron chi connectivity index (χ1n) is 8.13. The largest absolute Gasteiger partial charge is 0.391 e. The van der Waals surface area contributed by atoms with Crippen molar-refractivity contribution in [2.24, 2.45) is 0 Å². The fourth-order valence-corrected chi connectivity index (χ4v) is 2.94. The summed E-state index contributed by atoms with van der Waals surface area (Å²) in [7, 11) is 0. The van der Waals surface area contributed by atoms with Gasteiger partial charge in [0, 0.05) is 19.0 Å². The second-order valence-corrected chi connectivity index (χ2v) is 6.04. The third kappa shape index (κ3) is 4.21. The molecule has 0 spiro atoms. The Hall–Kier alpha value is -2.31. The van der Waals surface area contributed by atoms with E-state index in [1.807, 2.05) is 24.3 Å². The molecule has 0 aliphatic carbocycles. The maximum atomic E-state index is 13.6. The van der Waals surface area contributed by atoms with Gasteiger partial charge in [0.2, 0.25) is 0 Å². The standard InChI is InChI=1S/C19H19F2NO3/c20-14-6-5-13(17(21)10-14)9-15(23)11-22-19(24)18-16-4-2-1-3-12(16)7-8-25-18/h1-6,10,15,18,23H,7-9,11H2,(H,22,24)/t15-,18+/m1/s1. The van der Waals surface area contributed by atoms with Crippen LogP contribution in [-0.4, -0.2) is 30.3 Å². The van der Waals surface area contributed by atoms with Gasteiger partial charge >= 0.3 is 0 Å². The zero-order valence-electron chi connectivity index (χ0n) is 13.5. The predicted molar refractivity (Wildman–Crippen MR) is 87.9 cm³/mol. The minimum atomic E-state index is -0.984. The molecule has 3 rings (SSSR count). The molecule has 2 aromatic carbocycles. The molecule has 2 aromatic rings. The average molecular weight is 347 g/mol. The summed E-state index contributed by atoms with van der Waals surface area (Å²) in [6.07, 6.45) is -0.955. The highest BCUT2D eigenvalue weighted by Gasteiger charge is 2.27. The topological polar surface area (TPSA) is 58.6 Å². The zero-order valence-corrected chi connectivity index (χ0v) is 13.5. The van der Waals surface area contributed by atoms with E-state index in [1.54, 1.807) is 0 Å². The summed E-state index contributed by atoms with van der Waals surface area (Å²) in [5.74, 6) is -1.72. The number of nitrogens with one attached hydrogen (secondary N) is 1. The highest BCUT2D eigenvalue weighted by molar-refractivity contribution is 5.82. The van der Waals surface area contributed by atoms with E-state index in [0.29, 0.717) is 6.61 Å². The maximum Gasteiger partial charge on any atom is 0.253 e. The van der Waals surface area contributed by atoms with Gasteiger partial charge in [-0.3, -0.25) is 4.79 Å². The number of carbonyl (C=O) groups is 1. The average Bonchev–Trinajstić information content (AvgIpc) is 2.61. The molecule has 25 heavy (non-hydrogen) atoms. The van der Waals surface area contributed by atoms with Crippen LogP contribution in [0.2, 0.25) is 0 Å². The van der Waals surface area contributed by atoms with Crippen molar-refractivity contribution in [3.63, 3.8) is 0 Å². The Morgan fingerprint density at radius 3 is 2.88 bits per heavy atom. The van der Waals surface area contributed by atoms with Crippen LogP contribution in [0.4, 0.5) is 8.78 Å². The van der Waals surface area contributed by atoms with Gasteiger partial charge in [0.25, 0.3) is 5.91 Å². The monoisotopic (exact) mass is 347 g/mol. The Bertz CT molecular complexity index is 766. The van der Waals surface area contributed by atoms with Gasteiger partial charge in [-0.15, -0.1) is 0 Å². The number of hydrogen-bond donors (Lipinski definition) is 2. The number of ether oxygens (including phenoxy) is 1. The lowest BCUT2D eigenvalue weighted by molar-refractivity contribution is -0.134. The number of carbonyl (C=O) groups excluding carboxylic acids is 1. The first-order chi connectivity index (χ1) is 12.0. The molecule has 0 unspecified atom stereocenters. The molecule has 1 heterocycles. The number of rotatable bonds is 5. The van der Waals surface area contributed by atoms with Crippen LogP contribution in [0.15, 0.2) is 42.5 Å². The molecular formula is C19H19F2NO3. The summed E-state index contributed by atoms with van der Waals surface area (Å²) in [5, 5.41) is 12.7. The van der Waals surface area contributed by atoms with E-state index in [2.05, 4.69) is 5.32 Å². The predicted octanol–water partition coefficient (Wildman–Crippen LogP) is 2.30. The van der Waals surface area contributed by atoms with E-state index >= 15 is 0 Å². The number of fused-ring (bicyclic) bond motifs is 1. The Morgan fingerprint density at radius 1 is 1.28 bits per heavy atom. The minimum Gasteiger partial charge on any atom is -0.391 e. The van der Waals surface area contributed by atoms with E-state index in [0.717, 1.165) is 29.7 Å². The molecular weight excluding hydrogens is 328 g/mol. The lowest BCUT2D eigenvalue weighted by Gasteiger charge is -2.25. The molecule has 0 fully saturated rings. The molecule has 132 valence electrons. The smallest absolute Gasteiger partial charge is 0.253 e. The third-order valence-corrected chi connectivity index (χ3v) is 4.21. The molecule has 0 saturated heterocycles. The van der Waals surface area contributed by atoms with Crippen LogP contribution in [0.25, 0.3) is 0 Å². The van der Waals surface area contributed by atoms with Crippen LogP contribution in [0.5, 0.6) is 0 Å². The zero-order chi connectivity index (χ0) is 17.8. The summed E-state index contributed by atoms with van der Waals surface area (Å²) < 4.78 is 32.1. The van der Waals surface area contributed by atoms with Crippen molar-refractivity contribution in [2.75, 3.05) is 13.2 Å². The molecule has 1 aliphatic rings. The molecule has 1 amide bonds. The summed E-state index contributed by atoms with van der Waals surface area (Å²) in [6.45, 7) is 0.413. The van der Waals surface area contributed by atoms with Crippen molar-refractivity contribution in [1.29, 1.82) is 0 Å². The lowest BCUT2D eigenvalue weighted by atomic mass is 9.97. The lowest BCUT2D eigenvalue weighted by Crippen LogP contribution is -2.38. The number of halogens is 2. The van der Waals surface area contributed by atoms with E-state index in [4.69, 9.17) is 4.74 Å². The Balaban J connectivity index is 1.57. The van der Waals surface area contributed by atoms with Crippen molar-refractivity contribution < 1.29 is 23.4 Å². The molecule has 0 saturated carbocycles. The van der Waals surface area contributed by atoms with E-state index in [1.165, 1.54) is 6.07 Å². The molecule has 4 nitrogen and oxygen atoms in total. The number of aliphatic hydroxyl groups excluding tert-OH is 1. The van der Waals surface area contributed by atoms with Crippen LogP contribution in [0.3, 0.4) is 0 Å². The van der Waals surface area contributed by atoms with Crippen LogP contribution in [-0.2, 0) is 22.4 Å². The van der Waals surface area contributed by atoms with Crippen molar-refractivity contribution in [1.82, 2.24) is 5.32 Å². The van der Waals surface area contributed by atoms with Gasteiger partial charge in [0.05, 0.1) is 12.7 Å². The van der Waals surface area contributed by atoms with Crippen LogP contribution in [0, 0.1) is 11.6 Å². The molecule has 1 aliphatic heterocycles. The summed E-state index contributed by atoms with van der Waals surface area (Å²) in [4.78, 5) is 12.4. The van der Waals surface area contributed by atoms with Gasteiger partial charge in [-0.25, -0.2) is 8.78 Å². The molecule has 2 atom stereocenters. The van der Waals surface area contributed by atoms with Crippen molar-refractivity contribution in [3.8, 4) is 0 Å². The molecule has 0 radical (unpaired) electrons. The molecule has 0 bridgehead atoms. The third-order valence-electron chi connectivity index (χ3n) is 4.21. The van der Waals surface area contributed by atoms with Gasteiger partial charge in [-0.05, 0) is 29.2 Å². The first kappa shape index (κ1) is 17.5. The number of amides is 1. The van der Waals surface area contributed by atoms with Crippen LogP contribution in [0.1, 0.15) is 22.8 Å².